The molecular formula is C7H16O3. The van der Waals surface area contributed by atoms with Crippen LogP contribution in [0.3, 0.4) is 0 Å². The Morgan fingerprint density at radius 3 is 2.30 bits per heavy atom. The fraction of sp³-hybridized carbons (Fsp3) is 1.00. The smallest absolute Gasteiger partial charge is 0.0538 e. The number of hydrogen-bond acceptors (Lipinski definition) is 3. The van der Waals surface area contributed by atoms with Crippen molar-refractivity contribution < 1.29 is 14.9 Å². The van der Waals surface area contributed by atoms with E-state index in [0.717, 1.165) is 6.42 Å². The molecule has 0 saturated carbocycles. The van der Waals surface area contributed by atoms with Gasteiger partial charge in [-0.3, -0.25) is 0 Å². The Morgan fingerprint density at radius 1 is 1.30 bits per heavy atom. The Kier molecular flexibility index (Phi) is 6.91. The maximum atomic E-state index is 8.59. The predicted molar refractivity (Wildman–Crippen MR) is 38.8 cm³/mol. The van der Waals surface area contributed by atoms with Crippen LogP contribution in [0.15, 0.2) is 0 Å². The molecule has 0 radical (unpaired) electrons. The Morgan fingerprint density at radius 2 is 1.90 bits per heavy atom. The molecule has 0 aliphatic carbocycles. The molecule has 0 saturated heterocycles. The van der Waals surface area contributed by atoms with Gasteiger partial charge in [0.25, 0.3) is 0 Å². The molecule has 2 N–H and O–H groups in total. The number of ether oxygens (including phenoxy) is 1. The molecule has 0 fully saturated rings. The van der Waals surface area contributed by atoms with Gasteiger partial charge in [-0.05, 0) is 6.42 Å². The standard InChI is InChI=1S/C7H16O3/c1-2-3-10-6-7(4-8)5-9/h7-9H,2-6H2,1H3. The summed E-state index contributed by atoms with van der Waals surface area (Å²) < 4.78 is 5.11. The van der Waals surface area contributed by atoms with Gasteiger partial charge in [0, 0.05) is 12.5 Å². The monoisotopic (exact) mass is 148 g/mol. The maximum absolute atomic E-state index is 8.59. The Bertz CT molecular complexity index is 61.9. The molecule has 0 bridgehead atoms. The summed E-state index contributed by atoms with van der Waals surface area (Å²) in [6.07, 6.45) is 0.976. The number of aliphatic hydroxyl groups is 2. The van der Waals surface area contributed by atoms with Crippen LogP contribution in [-0.2, 0) is 4.74 Å². The molecule has 0 rings (SSSR count). The molecule has 62 valence electrons. The highest BCUT2D eigenvalue weighted by molar-refractivity contribution is 4.52. The van der Waals surface area contributed by atoms with E-state index >= 15 is 0 Å². The fourth-order valence-electron chi connectivity index (χ4n) is 0.557. The van der Waals surface area contributed by atoms with Crippen molar-refractivity contribution in [3.05, 3.63) is 0 Å². The van der Waals surface area contributed by atoms with Crippen LogP contribution in [0.4, 0.5) is 0 Å². The molecule has 10 heavy (non-hydrogen) atoms. The lowest BCUT2D eigenvalue weighted by Gasteiger charge is -2.09. The molecule has 0 aromatic heterocycles. The van der Waals surface area contributed by atoms with Crippen LogP contribution >= 0.6 is 0 Å². The minimum absolute atomic E-state index is 0.000213. The highest BCUT2D eigenvalue weighted by Crippen LogP contribution is 1.94. The zero-order chi connectivity index (χ0) is 7.82. The largest absolute Gasteiger partial charge is 0.396 e. The van der Waals surface area contributed by atoms with E-state index < -0.39 is 0 Å². The van der Waals surface area contributed by atoms with Gasteiger partial charge in [0.1, 0.15) is 0 Å². The van der Waals surface area contributed by atoms with Crippen LogP contribution < -0.4 is 0 Å². The molecule has 3 heteroatoms. The Balaban J connectivity index is 3.09. The van der Waals surface area contributed by atoms with Crippen LogP contribution in [0.25, 0.3) is 0 Å². The highest BCUT2D eigenvalue weighted by atomic mass is 16.5. The second-order valence-electron chi connectivity index (χ2n) is 2.31. The van der Waals surface area contributed by atoms with Gasteiger partial charge < -0.3 is 14.9 Å². The van der Waals surface area contributed by atoms with E-state index in [-0.39, 0.29) is 19.1 Å². The third-order valence-electron chi connectivity index (χ3n) is 1.22. The summed E-state index contributed by atoms with van der Waals surface area (Å²) in [6, 6.07) is 0. The summed E-state index contributed by atoms with van der Waals surface area (Å²) in [5, 5.41) is 17.2. The van der Waals surface area contributed by atoms with E-state index in [9.17, 15) is 0 Å². The van der Waals surface area contributed by atoms with Gasteiger partial charge in [0.15, 0.2) is 0 Å². The van der Waals surface area contributed by atoms with Crippen molar-refractivity contribution in [1.29, 1.82) is 0 Å². The summed E-state index contributed by atoms with van der Waals surface area (Å²) in [5.41, 5.74) is 0. The molecule has 0 aliphatic heterocycles. The van der Waals surface area contributed by atoms with E-state index in [4.69, 9.17) is 14.9 Å². The number of rotatable bonds is 6. The van der Waals surface area contributed by atoms with Crippen molar-refractivity contribution in [1.82, 2.24) is 0 Å². The number of aliphatic hydroxyl groups excluding tert-OH is 2. The lowest BCUT2D eigenvalue weighted by Crippen LogP contribution is -2.18. The first-order valence-corrected chi connectivity index (χ1v) is 3.64. The number of hydrogen-bond donors (Lipinski definition) is 2. The average Bonchev–Trinajstić information content (AvgIpc) is 1.99. The SMILES string of the molecule is CCCOCC(CO)CO. The maximum Gasteiger partial charge on any atom is 0.0538 e. The quantitative estimate of drug-likeness (QED) is 0.522. The Labute approximate surface area is 61.6 Å². The van der Waals surface area contributed by atoms with Crippen molar-refractivity contribution in [2.75, 3.05) is 26.4 Å². The van der Waals surface area contributed by atoms with Crippen molar-refractivity contribution in [2.45, 2.75) is 13.3 Å². The van der Waals surface area contributed by atoms with Gasteiger partial charge in [-0.2, -0.15) is 0 Å². The topological polar surface area (TPSA) is 49.7 Å². The molecule has 0 heterocycles. The molecule has 0 aromatic carbocycles. The lowest BCUT2D eigenvalue weighted by molar-refractivity contribution is 0.0454. The van der Waals surface area contributed by atoms with Gasteiger partial charge in [-0.1, -0.05) is 6.92 Å². The van der Waals surface area contributed by atoms with Gasteiger partial charge in [0.05, 0.1) is 19.8 Å². The molecule has 0 atom stereocenters. The van der Waals surface area contributed by atoms with E-state index in [2.05, 4.69) is 0 Å². The predicted octanol–water partition coefficient (Wildman–Crippen LogP) is 0.0138. The zero-order valence-electron chi connectivity index (χ0n) is 6.42. The third-order valence-corrected chi connectivity index (χ3v) is 1.22. The molecule has 0 spiro atoms. The van der Waals surface area contributed by atoms with E-state index in [1.165, 1.54) is 0 Å². The first-order valence-electron chi connectivity index (χ1n) is 3.64. The first-order chi connectivity index (χ1) is 4.85. The summed E-state index contributed by atoms with van der Waals surface area (Å²) in [6.45, 7) is 3.19. The van der Waals surface area contributed by atoms with Crippen molar-refractivity contribution in [3.63, 3.8) is 0 Å². The average molecular weight is 148 g/mol. The van der Waals surface area contributed by atoms with Crippen LogP contribution in [0.1, 0.15) is 13.3 Å². The fourth-order valence-corrected chi connectivity index (χ4v) is 0.557. The first kappa shape index (κ1) is 9.88. The van der Waals surface area contributed by atoms with E-state index in [1.54, 1.807) is 0 Å². The van der Waals surface area contributed by atoms with Crippen molar-refractivity contribution in [2.24, 2.45) is 5.92 Å². The van der Waals surface area contributed by atoms with Gasteiger partial charge in [-0.25, -0.2) is 0 Å². The summed E-state index contributed by atoms with van der Waals surface area (Å²) in [7, 11) is 0. The van der Waals surface area contributed by atoms with Gasteiger partial charge in [-0.15, -0.1) is 0 Å². The van der Waals surface area contributed by atoms with Crippen LogP contribution in [0.2, 0.25) is 0 Å². The van der Waals surface area contributed by atoms with Gasteiger partial charge >= 0.3 is 0 Å². The third kappa shape index (κ3) is 4.73. The molecule has 0 aromatic rings. The van der Waals surface area contributed by atoms with Crippen LogP contribution in [0, 0.1) is 5.92 Å². The molecule has 3 nitrogen and oxygen atoms in total. The zero-order valence-corrected chi connectivity index (χ0v) is 6.42. The second-order valence-corrected chi connectivity index (χ2v) is 2.31. The van der Waals surface area contributed by atoms with Crippen LogP contribution in [-0.4, -0.2) is 36.6 Å². The minimum atomic E-state index is -0.105. The van der Waals surface area contributed by atoms with Crippen LogP contribution in [0.5, 0.6) is 0 Å². The van der Waals surface area contributed by atoms with Gasteiger partial charge in [0.2, 0.25) is 0 Å². The summed E-state index contributed by atoms with van der Waals surface area (Å²) >= 11 is 0. The van der Waals surface area contributed by atoms with E-state index in [1.807, 2.05) is 6.92 Å². The Hall–Kier alpha value is -0.120. The second kappa shape index (κ2) is 6.99. The molecule has 0 unspecified atom stereocenters. The normalized spacial score (nSPS) is 10.8. The molecule has 0 amide bonds. The minimum Gasteiger partial charge on any atom is -0.396 e. The van der Waals surface area contributed by atoms with E-state index in [0.29, 0.717) is 13.2 Å². The van der Waals surface area contributed by atoms with Crippen molar-refractivity contribution in [3.8, 4) is 0 Å². The molecule has 0 aliphatic rings. The summed E-state index contributed by atoms with van der Waals surface area (Å²) in [4.78, 5) is 0. The molecular weight excluding hydrogens is 132 g/mol. The van der Waals surface area contributed by atoms with Crippen molar-refractivity contribution >= 4 is 0 Å². The summed E-state index contributed by atoms with van der Waals surface area (Å²) in [5.74, 6) is -0.105. The lowest BCUT2D eigenvalue weighted by atomic mass is 10.2. The highest BCUT2D eigenvalue weighted by Gasteiger charge is 2.03.